The van der Waals surface area contributed by atoms with Gasteiger partial charge in [0.1, 0.15) is 36.6 Å². The van der Waals surface area contributed by atoms with Crippen LogP contribution in [0.2, 0.25) is 0 Å². The molecule has 52 heavy (non-hydrogen) atoms. The molecule has 0 aliphatic carbocycles. The minimum atomic E-state index is -0.911. The molecule has 16 nitrogen and oxygen atoms in total. The van der Waals surface area contributed by atoms with E-state index < -0.39 is 105 Å². The summed E-state index contributed by atoms with van der Waals surface area (Å²) < 4.78 is 66.4. The number of hydrogen-bond acceptors (Lipinski definition) is 16. The van der Waals surface area contributed by atoms with Gasteiger partial charge in [-0.1, -0.05) is 0 Å². The van der Waals surface area contributed by atoms with Gasteiger partial charge >= 0.3 is 0 Å². The summed E-state index contributed by atoms with van der Waals surface area (Å²) in [5, 5.41) is 53.2. The van der Waals surface area contributed by atoms with Crippen LogP contribution in [0.15, 0.2) is 12.3 Å². The molecule has 0 aromatic carbocycles. The van der Waals surface area contributed by atoms with Crippen molar-refractivity contribution in [1.82, 2.24) is 0 Å². The minimum absolute atomic E-state index is 0.168. The molecule has 6 heterocycles. The smallest absolute Gasteiger partial charge is 0.161 e. The third-order valence-corrected chi connectivity index (χ3v) is 11.1. The summed E-state index contributed by atoms with van der Waals surface area (Å²) >= 11 is 0. The molecule has 0 unspecified atom stereocenters. The fourth-order valence-electron chi connectivity index (χ4n) is 7.86. The largest absolute Gasteiger partial charge is 0.496 e. The number of aliphatic hydroxyl groups is 5. The summed E-state index contributed by atoms with van der Waals surface area (Å²) in [5.41, 5.74) is 0. The van der Waals surface area contributed by atoms with Gasteiger partial charge in [0, 0.05) is 32.1 Å². The van der Waals surface area contributed by atoms with Crippen molar-refractivity contribution in [3.63, 3.8) is 0 Å². The Bertz CT molecular complexity index is 1140. The molecule has 0 radical (unpaired) electrons. The predicted octanol–water partition coefficient (Wildman–Crippen LogP) is 1.10. The second-order valence-corrected chi connectivity index (χ2v) is 15.2. The molecule has 5 saturated heterocycles. The lowest BCUT2D eigenvalue weighted by Gasteiger charge is -2.45. The number of rotatable bonds is 10. The van der Waals surface area contributed by atoms with Crippen LogP contribution in [-0.2, 0) is 52.1 Å². The van der Waals surface area contributed by atoms with Gasteiger partial charge in [-0.3, -0.25) is 0 Å². The fraction of sp³-hybridized carbons (Fsp3) is 0.944. The molecule has 0 spiro atoms. The topological polar surface area (TPSA) is 203 Å². The maximum atomic E-state index is 11.2. The van der Waals surface area contributed by atoms with Crippen molar-refractivity contribution >= 4 is 0 Å². The van der Waals surface area contributed by atoms with E-state index in [0.717, 1.165) is 0 Å². The Hall–Kier alpha value is -1.06. The lowest BCUT2D eigenvalue weighted by atomic mass is 9.99. The van der Waals surface area contributed by atoms with Crippen LogP contribution >= 0.6 is 0 Å². The highest BCUT2D eigenvalue weighted by molar-refractivity contribution is 4.97. The zero-order chi connectivity index (χ0) is 37.3. The van der Waals surface area contributed by atoms with E-state index in [4.69, 9.17) is 52.1 Å². The molecular formula is C36H60O16. The van der Waals surface area contributed by atoms with E-state index in [1.165, 1.54) is 12.3 Å². The van der Waals surface area contributed by atoms with Crippen LogP contribution in [0.25, 0.3) is 0 Å². The molecule has 5 N–H and O–H groups in total. The van der Waals surface area contributed by atoms with Crippen LogP contribution in [0.4, 0.5) is 0 Å². The predicted molar refractivity (Wildman–Crippen MR) is 178 cm³/mol. The van der Waals surface area contributed by atoms with Gasteiger partial charge < -0.3 is 77.6 Å². The quantitative estimate of drug-likeness (QED) is 0.212. The first kappa shape index (κ1) is 40.6. The molecule has 0 saturated carbocycles. The van der Waals surface area contributed by atoms with E-state index in [9.17, 15) is 25.5 Å². The van der Waals surface area contributed by atoms with Crippen molar-refractivity contribution in [2.75, 3.05) is 0 Å². The summed E-state index contributed by atoms with van der Waals surface area (Å²) in [6.45, 7) is 10.8. The van der Waals surface area contributed by atoms with E-state index >= 15 is 0 Å². The molecule has 5 fully saturated rings. The Balaban J connectivity index is 0.951. The van der Waals surface area contributed by atoms with E-state index in [1.807, 2.05) is 20.8 Å². The van der Waals surface area contributed by atoms with Gasteiger partial charge in [0.05, 0.1) is 67.3 Å². The minimum Gasteiger partial charge on any atom is -0.496 e. The number of hydrogen-bond donors (Lipinski definition) is 5. The summed E-state index contributed by atoms with van der Waals surface area (Å²) in [6, 6.07) is 0. The molecule has 21 atom stereocenters. The Kier molecular flexibility index (Phi) is 13.9. The third kappa shape index (κ3) is 9.84. The SMILES string of the molecule is C[C@@H]1O[C@@H](O[C@@H]2C[C@H](O[C@H]3[C@H](O)C=CO[C@@H]3C)O[C@H](C)[C@H]2O)CC[C@@H]1O[C@H]1C[C@@H](O)[C@H](O[C@H]2C[C@@H](O[C@H]3CC[C@H](O)[C@H](C)O3)[C@H](O)[C@@H](C)O2)[C@@H](C)O1. The summed E-state index contributed by atoms with van der Waals surface area (Å²) in [6.07, 6.45) is -7.32. The van der Waals surface area contributed by atoms with E-state index in [2.05, 4.69) is 0 Å². The van der Waals surface area contributed by atoms with Crippen molar-refractivity contribution in [3.05, 3.63) is 12.3 Å². The normalized spacial score (nSPS) is 51.9. The van der Waals surface area contributed by atoms with Crippen molar-refractivity contribution in [2.24, 2.45) is 0 Å². The highest BCUT2D eigenvalue weighted by Gasteiger charge is 2.46. The van der Waals surface area contributed by atoms with E-state index in [0.29, 0.717) is 25.7 Å². The van der Waals surface area contributed by atoms with Crippen molar-refractivity contribution in [2.45, 2.75) is 216 Å². The van der Waals surface area contributed by atoms with E-state index in [1.54, 1.807) is 20.8 Å². The molecule has 6 rings (SSSR count). The highest BCUT2D eigenvalue weighted by atomic mass is 16.8. The Labute approximate surface area is 305 Å². The van der Waals surface area contributed by atoms with Crippen molar-refractivity contribution in [3.8, 4) is 0 Å². The van der Waals surface area contributed by atoms with Gasteiger partial charge in [0.25, 0.3) is 0 Å². The Morgan fingerprint density at radius 3 is 1.50 bits per heavy atom. The Morgan fingerprint density at radius 1 is 0.442 bits per heavy atom. The molecule has 0 aromatic heterocycles. The maximum Gasteiger partial charge on any atom is 0.161 e. The zero-order valence-electron chi connectivity index (χ0n) is 31.0. The molecule has 0 aromatic rings. The van der Waals surface area contributed by atoms with Crippen LogP contribution in [0.1, 0.15) is 86.5 Å². The fourth-order valence-corrected chi connectivity index (χ4v) is 7.86. The monoisotopic (exact) mass is 748 g/mol. The molecule has 6 aliphatic rings. The average Bonchev–Trinajstić information content (AvgIpc) is 3.08. The summed E-state index contributed by atoms with van der Waals surface area (Å²) in [7, 11) is 0. The lowest BCUT2D eigenvalue weighted by molar-refractivity contribution is -0.339. The maximum absolute atomic E-state index is 11.2. The third-order valence-electron chi connectivity index (χ3n) is 11.1. The van der Waals surface area contributed by atoms with Crippen LogP contribution in [0, 0.1) is 0 Å². The van der Waals surface area contributed by atoms with Gasteiger partial charge in [-0.05, 0) is 60.5 Å². The number of ether oxygens (including phenoxy) is 11. The molecule has 6 aliphatic heterocycles. The zero-order valence-corrected chi connectivity index (χ0v) is 31.0. The second-order valence-electron chi connectivity index (χ2n) is 15.2. The second kappa shape index (κ2) is 17.8. The molecule has 0 bridgehead atoms. The van der Waals surface area contributed by atoms with Gasteiger partial charge in [0.15, 0.2) is 31.5 Å². The van der Waals surface area contributed by atoms with Gasteiger partial charge in [-0.15, -0.1) is 0 Å². The van der Waals surface area contributed by atoms with Crippen LogP contribution in [0.5, 0.6) is 0 Å². The first-order chi connectivity index (χ1) is 24.7. The molecule has 0 amide bonds. The van der Waals surface area contributed by atoms with Crippen molar-refractivity contribution in [1.29, 1.82) is 0 Å². The van der Waals surface area contributed by atoms with Crippen molar-refractivity contribution < 1.29 is 77.6 Å². The van der Waals surface area contributed by atoms with Gasteiger partial charge in [-0.25, -0.2) is 0 Å². The first-order valence-electron chi connectivity index (χ1n) is 19.0. The standard InChI is InChI=1S/C36H60O16/c1-16-22(37)7-9-28(43-16)49-26-15-32(46-19(4)33(26)40)52-36-21(6)47-30(13-24(36)39)48-25-8-10-29(44-17(25)2)50-27-14-31(45-18(3)34(27)41)51-35-20(5)42-12-11-23(35)38/h11-12,16-41H,7-10,13-15H2,1-6H3/t16-,17-,18+,19+,20+,21+,22-,23+,24+,25-,26+,27+,28-,29-,30-,31-,32-,33+,34+,35+,36+/m0/s1. The average molecular weight is 749 g/mol. The molecular weight excluding hydrogens is 688 g/mol. The number of aliphatic hydroxyl groups excluding tert-OH is 5. The first-order valence-corrected chi connectivity index (χ1v) is 19.0. The Morgan fingerprint density at radius 2 is 0.942 bits per heavy atom. The van der Waals surface area contributed by atoms with Gasteiger partial charge in [-0.2, -0.15) is 0 Å². The summed E-state index contributed by atoms with van der Waals surface area (Å²) in [5.74, 6) is 0. The van der Waals surface area contributed by atoms with Crippen LogP contribution in [0.3, 0.4) is 0 Å². The van der Waals surface area contributed by atoms with Crippen LogP contribution in [-0.4, -0.2) is 155 Å². The lowest BCUT2D eigenvalue weighted by Crippen LogP contribution is -2.56. The molecule has 16 heteroatoms. The van der Waals surface area contributed by atoms with Gasteiger partial charge in [0.2, 0.25) is 0 Å². The summed E-state index contributed by atoms with van der Waals surface area (Å²) in [4.78, 5) is 0. The highest BCUT2D eigenvalue weighted by Crippen LogP contribution is 2.35. The molecule has 300 valence electrons. The van der Waals surface area contributed by atoms with Crippen LogP contribution < -0.4 is 0 Å². The van der Waals surface area contributed by atoms with E-state index in [-0.39, 0.29) is 43.7 Å².